The summed E-state index contributed by atoms with van der Waals surface area (Å²) in [5.74, 6) is 1.43. The zero-order chi connectivity index (χ0) is 23.2. The normalized spacial score (nSPS) is 11.0. The summed E-state index contributed by atoms with van der Waals surface area (Å²) in [5, 5.41) is 0.674. The van der Waals surface area contributed by atoms with E-state index in [-0.39, 0.29) is 5.78 Å². The first-order valence-electron chi connectivity index (χ1n) is 10.5. The largest absolute Gasteiger partial charge is 0.496 e. The van der Waals surface area contributed by atoms with Crippen LogP contribution in [0.2, 0.25) is 5.02 Å². The van der Waals surface area contributed by atoms with Gasteiger partial charge < -0.3 is 14.0 Å². The molecule has 0 N–H and O–H groups in total. The standard InChI is InChI=1S/C28H24ClNO3/c1-20-16-24(29)10-13-27(20)33-19-23-17-21(9-12-28(23)32-2)8-11-26(31)22-6-5-7-25(18-22)30-14-3-4-15-30/h3-18H,19H2,1-2H3/b11-8+. The molecule has 4 nitrogen and oxygen atoms in total. The number of methoxy groups -OCH3 is 1. The van der Waals surface area contributed by atoms with Crippen LogP contribution in [0.5, 0.6) is 11.5 Å². The van der Waals surface area contributed by atoms with E-state index in [1.807, 2.05) is 90.6 Å². The SMILES string of the molecule is COc1ccc(/C=C/C(=O)c2cccc(-n3cccc3)c2)cc1COc1ccc(Cl)cc1C. The molecule has 0 amide bonds. The fourth-order valence-corrected chi connectivity index (χ4v) is 3.77. The lowest BCUT2D eigenvalue weighted by molar-refractivity contribution is 0.104. The molecule has 0 saturated heterocycles. The van der Waals surface area contributed by atoms with Gasteiger partial charge in [0.2, 0.25) is 0 Å². The average Bonchev–Trinajstić information content (AvgIpc) is 3.37. The second-order valence-corrected chi connectivity index (χ2v) is 8.04. The number of aryl methyl sites for hydroxylation is 1. The van der Waals surface area contributed by atoms with E-state index in [0.29, 0.717) is 17.2 Å². The molecule has 166 valence electrons. The highest BCUT2D eigenvalue weighted by Crippen LogP contribution is 2.26. The van der Waals surface area contributed by atoms with Crippen LogP contribution < -0.4 is 9.47 Å². The number of halogens is 1. The zero-order valence-corrected chi connectivity index (χ0v) is 19.3. The van der Waals surface area contributed by atoms with Crippen molar-refractivity contribution in [2.75, 3.05) is 7.11 Å². The maximum atomic E-state index is 12.8. The van der Waals surface area contributed by atoms with Crippen LogP contribution in [0.1, 0.15) is 27.0 Å². The van der Waals surface area contributed by atoms with Crippen LogP contribution >= 0.6 is 11.6 Å². The Morgan fingerprint density at radius 3 is 2.52 bits per heavy atom. The van der Waals surface area contributed by atoms with E-state index in [2.05, 4.69) is 0 Å². The molecule has 0 aliphatic heterocycles. The second kappa shape index (κ2) is 10.2. The van der Waals surface area contributed by atoms with Crippen LogP contribution in [0.25, 0.3) is 11.8 Å². The minimum absolute atomic E-state index is 0.0607. The Balaban J connectivity index is 1.50. The predicted molar refractivity (Wildman–Crippen MR) is 133 cm³/mol. The molecule has 3 aromatic carbocycles. The van der Waals surface area contributed by atoms with Crippen molar-refractivity contribution < 1.29 is 14.3 Å². The number of hydrogen-bond acceptors (Lipinski definition) is 3. The Kier molecular flexibility index (Phi) is 6.96. The smallest absolute Gasteiger partial charge is 0.185 e. The summed E-state index contributed by atoms with van der Waals surface area (Å²) in [6, 6.07) is 22.7. The van der Waals surface area contributed by atoms with Gasteiger partial charge >= 0.3 is 0 Å². The molecule has 0 aliphatic carbocycles. The lowest BCUT2D eigenvalue weighted by atomic mass is 10.1. The Labute approximate surface area is 198 Å². The molecular formula is C28H24ClNO3. The quantitative estimate of drug-likeness (QED) is 0.213. The number of benzene rings is 3. The number of ether oxygens (including phenoxy) is 2. The van der Waals surface area contributed by atoms with Crippen molar-refractivity contribution in [2.45, 2.75) is 13.5 Å². The van der Waals surface area contributed by atoms with Gasteiger partial charge in [-0.1, -0.05) is 35.9 Å². The molecule has 0 bridgehead atoms. The van der Waals surface area contributed by atoms with E-state index in [9.17, 15) is 4.79 Å². The molecule has 0 atom stereocenters. The van der Waals surface area contributed by atoms with Gasteiger partial charge in [-0.2, -0.15) is 0 Å². The fourth-order valence-electron chi connectivity index (χ4n) is 3.54. The number of hydrogen-bond donors (Lipinski definition) is 0. The number of carbonyl (C=O) groups is 1. The third-order valence-corrected chi connectivity index (χ3v) is 5.52. The lowest BCUT2D eigenvalue weighted by Crippen LogP contribution is -2.00. The van der Waals surface area contributed by atoms with E-state index in [0.717, 1.165) is 33.9 Å². The van der Waals surface area contributed by atoms with Crippen molar-refractivity contribution >= 4 is 23.5 Å². The molecule has 0 radical (unpaired) electrons. The summed E-state index contributed by atoms with van der Waals surface area (Å²) in [5.41, 5.74) is 4.31. The lowest BCUT2D eigenvalue weighted by Gasteiger charge is -2.13. The molecular weight excluding hydrogens is 434 g/mol. The van der Waals surface area contributed by atoms with Crippen molar-refractivity contribution in [3.63, 3.8) is 0 Å². The molecule has 0 spiro atoms. The summed E-state index contributed by atoms with van der Waals surface area (Å²) in [7, 11) is 1.63. The Morgan fingerprint density at radius 1 is 0.970 bits per heavy atom. The van der Waals surface area contributed by atoms with Gasteiger partial charge in [0.25, 0.3) is 0 Å². The molecule has 33 heavy (non-hydrogen) atoms. The first-order chi connectivity index (χ1) is 16.0. The molecule has 0 fully saturated rings. The Hall–Kier alpha value is -3.76. The van der Waals surface area contributed by atoms with Gasteiger partial charge in [-0.25, -0.2) is 0 Å². The first-order valence-corrected chi connectivity index (χ1v) is 10.9. The van der Waals surface area contributed by atoms with Gasteiger partial charge in [-0.05, 0) is 78.7 Å². The molecule has 0 aliphatic rings. The third-order valence-electron chi connectivity index (χ3n) is 5.29. The van der Waals surface area contributed by atoms with Crippen LogP contribution in [0.15, 0.2) is 91.3 Å². The van der Waals surface area contributed by atoms with Gasteiger partial charge in [0, 0.05) is 34.2 Å². The molecule has 5 heteroatoms. The minimum Gasteiger partial charge on any atom is -0.496 e. The predicted octanol–water partition coefficient (Wildman–Crippen LogP) is 6.92. The van der Waals surface area contributed by atoms with E-state index in [4.69, 9.17) is 21.1 Å². The maximum Gasteiger partial charge on any atom is 0.185 e. The van der Waals surface area contributed by atoms with Crippen LogP contribution in [0.4, 0.5) is 0 Å². The van der Waals surface area contributed by atoms with Crippen molar-refractivity contribution in [3.8, 4) is 17.2 Å². The number of carbonyl (C=O) groups excluding carboxylic acids is 1. The number of rotatable bonds is 8. The van der Waals surface area contributed by atoms with Crippen molar-refractivity contribution in [1.29, 1.82) is 0 Å². The van der Waals surface area contributed by atoms with Crippen LogP contribution in [-0.2, 0) is 6.61 Å². The zero-order valence-electron chi connectivity index (χ0n) is 18.5. The summed E-state index contributed by atoms with van der Waals surface area (Å²) < 4.78 is 13.4. The maximum absolute atomic E-state index is 12.8. The van der Waals surface area contributed by atoms with E-state index in [1.54, 1.807) is 25.3 Å². The highest BCUT2D eigenvalue weighted by molar-refractivity contribution is 6.30. The van der Waals surface area contributed by atoms with E-state index < -0.39 is 0 Å². The fraction of sp³-hybridized carbons (Fsp3) is 0.107. The third kappa shape index (κ3) is 5.54. The monoisotopic (exact) mass is 457 g/mol. The minimum atomic E-state index is -0.0607. The van der Waals surface area contributed by atoms with Gasteiger partial charge in [-0.3, -0.25) is 4.79 Å². The highest BCUT2D eigenvalue weighted by Gasteiger charge is 2.08. The van der Waals surface area contributed by atoms with Gasteiger partial charge in [0.05, 0.1) is 7.11 Å². The topological polar surface area (TPSA) is 40.5 Å². The van der Waals surface area contributed by atoms with E-state index >= 15 is 0 Å². The number of allylic oxidation sites excluding steroid dienone is 1. The van der Waals surface area contributed by atoms with Crippen molar-refractivity contribution in [2.24, 2.45) is 0 Å². The molecule has 4 aromatic rings. The molecule has 1 aromatic heterocycles. The van der Waals surface area contributed by atoms with Crippen molar-refractivity contribution in [1.82, 2.24) is 4.57 Å². The van der Waals surface area contributed by atoms with Crippen LogP contribution in [-0.4, -0.2) is 17.5 Å². The molecule has 4 rings (SSSR count). The molecule has 0 unspecified atom stereocenters. The summed E-state index contributed by atoms with van der Waals surface area (Å²) in [4.78, 5) is 12.8. The Morgan fingerprint density at radius 2 is 1.76 bits per heavy atom. The van der Waals surface area contributed by atoms with Crippen LogP contribution in [0.3, 0.4) is 0 Å². The van der Waals surface area contributed by atoms with Gasteiger partial charge in [0.15, 0.2) is 5.78 Å². The summed E-state index contributed by atoms with van der Waals surface area (Å²) >= 11 is 6.03. The van der Waals surface area contributed by atoms with Gasteiger partial charge in [-0.15, -0.1) is 0 Å². The highest BCUT2D eigenvalue weighted by atomic mass is 35.5. The summed E-state index contributed by atoms with van der Waals surface area (Å²) in [6.45, 7) is 2.29. The van der Waals surface area contributed by atoms with E-state index in [1.165, 1.54) is 0 Å². The van der Waals surface area contributed by atoms with Crippen molar-refractivity contribution in [3.05, 3.63) is 119 Å². The number of ketones is 1. The average molecular weight is 458 g/mol. The number of nitrogens with zero attached hydrogens (tertiary/aromatic N) is 1. The van der Waals surface area contributed by atoms with Crippen LogP contribution in [0, 0.1) is 6.92 Å². The number of aromatic nitrogens is 1. The molecule has 0 saturated carbocycles. The summed E-state index contributed by atoms with van der Waals surface area (Å²) in [6.07, 6.45) is 7.30. The van der Waals surface area contributed by atoms with Gasteiger partial charge in [0.1, 0.15) is 18.1 Å². The molecule has 1 heterocycles. The first kappa shape index (κ1) is 22.4. The second-order valence-electron chi connectivity index (χ2n) is 7.61. The Bertz CT molecular complexity index is 1290.